The first-order chi connectivity index (χ1) is 13.3. The number of aryl methyl sites for hydroxylation is 2. The highest BCUT2D eigenvalue weighted by Gasteiger charge is 2.31. The van der Waals surface area contributed by atoms with Gasteiger partial charge in [-0.1, -0.05) is 22.8 Å². The lowest BCUT2D eigenvalue weighted by Gasteiger charge is -2.35. The second-order valence-electron chi connectivity index (χ2n) is 6.54. The van der Waals surface area contributed by atoms with Gasteiger partial charge in [0, 0.05) is 48.7 Å². The van der Waals surface area contributed by atoms with Gasteiger partial charge in [0.15, 0.2) is 0 Å². The maximum Gasteiger partial charge on any atom is 0.244 e. The van der Waals surface area contributed by atoms with Crippen molar-refractivity contribution in [3.05, 3.63) is 46.1 Å². The number of anilines is 1. The van der Waals surface area contributed by atoms with Crippen LogP contribution in [0.2, 0.25) is 5.02 Å². The van der Waals surface area contributed by atoms with Crippen molar-refractivity contribution < 1.29 is 12.9 Å². The van der Waals surface area contributed by atoms with Crippen LogP contribution in [0.25, 0.3) is 10.7 Å². The van der Waals surface area contributed by atoms with E-state index in [4.69, 9.17) is 16.1 Å². The number of rotatable bonds is 4. The largest absolute Gasteiger partial charge is 0.369 e. The van der Waals surface area contributed by atoms with Crippen LogP contribution >= 0.6 is 22.9 Å². The highest BCUT2D eigenvalue weighted by molar-refractivity contribution is 7.89. The summed E-state index contributed by atoms with van der Waals surface area (Å²) in [6.45, 7) is 5.56. The SMILES string of the molecule is Cc1nc(-c2cc(S(=O)(=O)N3CCN(c4cccc(Cl)c4)CC3)c(C)s2)no1. The van der Waals surface area contributed by atoms with Crippen LogP contribution in [-0.4, -0.2) is 49.0 Å². The summed E-state index contributed by atoms with van der Waals surface area (Å²) in [4.78, 5) is 8.05. The van der Waals surface area contributed by atoms with Crippen LogP contribution in [-0.2, 0) is 10.0 Å². The zero-order chi connectivity index (χ0) is 19.9. The minimum Gasteiger partial charge on any atom is -0.369 e. The number of nitrogens with zero attached hydrogens (tertiary/aromatic N) is 4. The Labute approximate surface area is 172 Å². The van der Waals surface area contributed by atoms with Gasteiger partial charge in [0.25, 0.3) is 0 Å². The molecular formula is C18H19ClN4O3S2. The molecule has 0 radical (unpaired) electrons. The normalized spacial score (nSPS) is 15.9. The molecule has 1 fully saturated rings. The lowest BCUT2D eigenvalue weighted by atomic mass is 10.2. The standard InChI is InChI=1S/C18H19ClN4O3S2/c1-12-17(11-16(27-12)18-20-13(2)26-21-18)28(24,25)23-8-6-22(7-9-23)15-5-3-4-14(19)10-15/h3-5,10-11H,6-9H2,1-2H3. The molecule has 0 N–H and O–H groups in total. The Bertz CT molecular complexity index is 1100. The lowest BCUT2D eigenvalue weighted by molar-refractivity contribution is 0.385. The van der Waals surface area contributed by atoms with Gasteiger partial charge in [-0.2, -0.15) is 9.29 Å². The van der Waals surface area contributed by atoms with Gasteiger partial charge in [-0.15, -0.1) is 11.3 Å². The van der Waals surface area contributed by atoms with E-state index in [-0.39, 0.29) is 0 Å². The molecule has 1 aliphatic heterocycles. The molecule has 10 heteroatoms. The van der Waals surface area contributed by atoms with Crippen LogP contribution in [0.5, 0.6) is 0 Å². The van der Waals surface area contributed by atoms with Gasteiger partial charge in [0.05, 0.1) is 9.77 Å². The third kappa shape index (κ3) is 3.67. The van der Waals surface area contributed by atoms with Gasteiger partial charge in [-0.3, -0.25) is 0 Å². The van der Waals surface area contributed by atoms with E-state index < -0.39 is 10.0 Å². The zero-order valence-corrected chi connectivity index (χ0v) is 17.8. The van der Waals surface area contributed by atoms with Crippen molar-refractivity contribution in [2.24, 2.45) is 0 Å². The Kier molecular flexibility index (Phi) is 5.17. The third-order valence-corrected chi connectivity index (χ3v) is 8.09. The van der Waals surface area contributed by atoms with Crippen LogP contribution in [0.15, 0.2) is 39.8 Å². The molecule has 148 valence electrons. The van der Waals surface area contributed by atoms with E-state index in [1.165, 1.54) is 15.6 Å². The quantitative estimate of drug-likeness (QED) is 0.619. The number of thiophene rings is 1. The molecule has 0 atom stereocenters. The number of aromatic nitrogens is 2. The molecule has 3 aromatic rings. The van der Waals surface area contributed by atoms with Crippen LogP contribution in [0.3, 0.4) is 0 Å². The van der Waals surface area contributed by atoms with Crippen molar-refractivity contribution in [1.82, 2.24) is 14.4 Å². The molecule has 2 aromatic heterocycles. The topological polar surface area (TPSA) is 79.5 Å². The van der Waals surface area contributed by atoms with E-state index in [0.717, 1.165) is 10.6 Å². The van der Waals surface area contributed by atoms with Crippen molar-refractivity contribution in [2.75, 3.05) is 31.1 Å². The molecule has 0 unspecified atom stereocenters. The van der Waals surface area contributed by atoms with Crippen molar-refractivity contribution in [2.45, 2.75) is 18.7 Å². The first kappa shape index (κ1) is 19.4. The average molecular weight is 439 g/mol. The first-order valence-corrected chi connectivity index (χ1v) is 11.4. The summed E-state index contributed by atoms with van der Waals surface area (Å²) in [5.74, 6) is 0.862. The first-order valence-electron chi connectivity index (χ1n) is 8.76. The van der Waals surface area contributed by atoms with Crippen LogP contribution < -0.4 is 4.90 Å². The molecule has 0 aliphatic carbocycles. The molecule has 0 spiro atoms. The summed E-state index contributed by atoms with van der Waals surface area (Å²) in [6.07, 6.45) is 0. The zero-order valence-electron chi connectivity index (χ0n) is 15.4. The molecule has 0 amide bonds. The van der Waals surface area contributed by atoms with Crippen LogP contribution in [0, 0.1) is 13.8 Å². The fraction of sp³-hybridized carbons (Fsp3) is 0.333. The highest BCUT2D eigenvalue weighted by atomic mass is 35.5. The van der Waals surface area contributed by atoms with E-state index in [2.05, 4.69) is 15.0 Å². The molecule has 1 aromatic carbocycles. The predicted octanol–water partition coefficient (Wildman–Crippen LogP) is 3.58. The fourth-order valence-corrected chi connectivity index (χ4v) is 6.32. The number of benzene rings is 1. The van der Waals surface area contributed by atoms with Gasteiger partial charge < -0.3 is 9.42 Å². The lowest BCUT2D eigenvalue weighted by Crippen LogP contribution is -2.48. The van der Waals surface area contributed by atoms with Gasteiger partial charge in [-0.25, -0.2) is 8.42 Å². The summed E-state index contributed by atoms with van der Waals surface area (Å²) in [5.41, 5.74) is 1.01. The Morgan fingerprint density at radius 2 is 1.89 bits per heavy atom. The minimum atomic E-state index is -3.58. The molecule has 7 nitrogen and oxygen atoms in total. The average Bonchev–Trinajstić information content (AvgIpc) is 3.28. The maximum absolute atomic E-state index is 13.2. The summed E-state index contributed by atoms with van der Waals surface area (Å²) in [7, 11) is -3.58. The van der Waals surface area contributed by atoms with Gasteiger partial charge in [0.2, 0.25) is 21.7 Å². The maximum atomic E-state index is 13.2. The fourth-order valence-electron chi connectivity index (χ4n) is 3.23. The third-order valence-electron chi connectivity index (χ3n) is 4.65. The van der Waals surface area contributed by atoms with E-state index in [9.17, 15) is 8.42 Å². The molecular weight excluding hydrogens is 420 g/mol. The summed E-state index contributed by atoms with van der Waals surface area (Å²) < 4.78 is 32.9. The van der Waals surface area contributed by atoms with E-state index in [0.29, 0.717) is 52.7 Å². The second kappa shape index (κ2) is 7.47. The number of sulfonamides is 1. The predicted molar refractivity (Wildman–Crippen MR) is 110 cm³/mol. The number of halogens is 1. The van der Waals surface area contributed by atoms with Crippen molar-refractivity contribution in [3.63, 3.8) is 0 Å². The van der Waals surface area contributed by atoms with Gasteiger partial charge >= 0.3 is 0 Å². The summed E-state index contributed by atoms with van der Waals surface area (Å²) in [5, 5.41) is 4.56. The number of hydrogen-bond donors (Lipinski definition) is 0. The van der Waals surface area contributed by atoms with Gasteiger partial charge in [-0.05, 0) is 31.2 Å². The Hall–Kier alpha value is -1.94. The minimum absolute atomic E-state index is 0.311. The van der Waals surface area contributed by atoms with Crippen molar-refractivity contribution in [3.8, 4) is 10.7 Å². The Balaban J connectivity index is 1.53. The van der Waals surface area contributed by atoms with Crippen molar-refractivity contribution >= 4 is 38.6 Å². The van der Waals surface area contributed by atoms with E-state index >= 15 is 0 Å². The van der Waals surface area contributed by atoms with Crippen LogP contribution in [0.1, 0.15) is 10.8 Å². The van der Waals surface area contributed by atoms with Crippen molar-refractivity contribution in [1.29, 1.82) is 0 Å². The molecule has 4 rings (SSSR count). The number of piperazine rings is 1. The molecule has 28 heavy (non-hydrogen) atoms. The van der Waals surface area contributed by atoms with E-state index in [1.54, 1.807) is 19.9 Å². The molecule has 1 aliphatic rings. The monoisotopic (exact) mass is 438 g/mol. The second-order valence-corrected chi connectivity index (χ2v) is 10.1. The van der Waals surface area contributed by atoms with E-state index in [1.807, 2.05) is 24.3 Å². The summed E-state index contributed by atoms with van der Waals surface area (Å²) in [6, 6.07) is 9.25. The smallest absolute Gasteiger partial charge is 0.244 e. The summed E-state index contributed by atoms with van der Waals surface area (Å²) >= 11 is 7.42. The number of hydrogen-bond acceptors (Lipinski definition) is 7. The Morgan fingerprint density at radius 1 is 1.14 bits per heavy atom. The van der Waals surface area contributed by atoms with Gasteiger partial charge in [0.1, 0.15) is 0 Å². The molecule has 0 bridgehead atoms. The molecule has 0 saturated carbocycles. The Morgan fingerprint density at radius 3 is 2.54 bits per heavy atom. The van der Waals surface area contributed by atoms with Crippen LogP contribution in [0.4, 0.5) is 5.69 Å². The molecule has 3 heterocycles. The molecule has 1 saturated heterocycles. The highest BCUT2D eigenvalue weighted by Crippen LogP contribution is 2.34.